The standard InChI is InChI=1S/C18H21N5O6.Ag/c1-28-16(25)11-23-10-15(21-22-23)17(26)20-14(18(27)29-2)6-7-19-9-12-4-3-5-13(24)8-12;/h3-5,8-10,14,24H,6-7,11H2,1-2H3,(H,20,26);/q;+1/p-1/b19-9+;/t14-;/m0./s1. The molecule has 0 saturated heterocycles. The zero-order chi connectivity index (χ0) is 21.2. The summed E-state index contributed by atoms with van der Waals surface area (Å²) in [5.41, 5.74) is 0.567. The Labute approximate surface area is 188 Å². The van der Waals surface area contributed by atoms with Gasteiger partial charge in [-0.3, -0.25) is 14.6 Å². The van der Waals surface area contributed by atoms with Crippen molar-refractivity contribution in [1.82, 2.24) is 20.3 Å². The van der Waals surface area contributed by atoms with E-state index in [9.17, 15) is 19.5 Å². The van der Waals surface area contributed by atoms with E-state index in [2.05, 4.69) is 25.4 Å². The van der Waals surface area contributed by atoms with Crippen LogP contribution in [0.4, 0.5) is 0 Å². The van der Waals surface area contributed by atoms with Crippen molar-refractivity contribution in [3.05, 3.63) is 41.7 Å². The third kappa shape index (κ3) is 7.78. The Kier molecular flexibility index (Phi) is 10.4. The van der Waals surface area contributed by atoms with Crippen LogP contribution in [0.1, 0.15) is 22.5 Å². The molecule has 0 radical (unpaired) electrons. The number of amides is 1. The van der Waals surface area contributed by atoms with E-state index in [1.54, 1.807) is 12.1 Å². The largest absolute Gasteiger partial charge is 1.00 e. The maximum atomic E-state index is 12.3. The van der Waals surface area contributed by atoms with Crippen molar-refractivity contribution in [3.8, 4) is 5.75 Å². The number of nitrogens with zero attached hydrogens (tertiary/aromatic N) is 4. The van der Waals surface area contributed by atoms with Gasteiger partial charge >= 0.3 is 34.3 Å². The summed E-state index contributed by atoms with van der Waals surface area (Å²) in [6, 6.07) is 5.25. The second-order valence-electron chi connectivity index (χ2n) is 5.82. The summed E-state index contributed by atoms with van der Waals surface area (Å²) in [5, 5.41) is 21.1. The van der Waals surface area contributed by atoms with E-state index in [4.69, 9.17) is 4.74 Å². The zero-order valence-corrected chi connectivity index (χ0v) is 17.7. The molecular weight excluding hydrogens is 490 g/mol. The van der Waals surface area contributed by atoms with Crippen LogP contribution in [0.2, 0.25) is 0 Å². The molecule has 0 saturated carbocycles. The topological polar surface area (TPSA) is 148 Å². The number of esters is 2. The van der Waals surface area contributed by atoms with E-state index < -0.39 is 23.9 Å². The van der Waals surface area contributed by atoms with E-state index >= 15 is 0 Å². The fourth-order valence-electron chi connectivity index (χ4n) is 2.27. The van der Waals surface area contributed by atoms with Crippen LogP contribution in [0.25, 0.3) is 0 Å². The summed E-state index contributed by atoms with van der Waals surface area (Å²) in [7, 11) is 2.44. The first kappa shape index (κ1) is 25.0. The number of benzene rings is 1. The molecule has 12 heteroatoms. The first-order valence-electron chi connectivity index (χ1n) is 8.55. The summed E-state index contributed by atoms with van der Waals surface area (Å²) < 4.78 is 10.4. The molecule has 30 heavy (non-hydrogen) atoms. The average molecular weight is 510 g/mol. The van der Waals surface area contributed by atoms with Gasteiger partial charge in [0.25, 0.3) is 5.91 Å². The summed E-state index contributed by atoms with van der Waals surface area (Å²) in [5.74, 6) is -1.97. The second-order valence-corrected chi connectivity index (χ2v) is 5.82. The van der Waals surface area contributed by atoms with E-state index in [0.717, 1.165) is 4.68 Å². The molecule has 164 valence electrons. The maximum absolute atomic E-state index is 12.3. The third-order valence-corrected chi connectivity index (χ3v) is 3.73. The quantitative estimate of drug-likeness (QED) is 0.265. The molecule has 0 aliphatic heterocycles. The van der Waals surface area contributed by atoms with E-state index in [-0.39, 0.29) is 53.3 Å². The Morgan fingerprint density at radius 1 is 1.30 bits per heavy atom. The van der Waals surface area contributed by atoms with Crippen molar-refractivity contribution in [2.24, 2.45) is 4.99 Å². The normalized spacial score (nSPS) is 11.4. The van der Waals surface area contributed by atoms with Gasteiger partial charge < -0.3 is 19.9 Å². The fourth-order valence-corrected chi connectivity index (χ4v) is 2.27. The summed E-state index contributed by atoms with van der Waals surface area (Å²) in [4.78, 5) is 39.6. The molecule has 2 rings (SSSR count). The summed E-state index contributed by atoms with van der Waals surface area (Å²) in [6.07, 6.45) is 2.94. The van der Waals surface area contributed by atoms with E-state index in [1.807, 2.05) is 0 Å². The number of methoxy groups -OCH3 is 2. The SMILES string of the molecule is COC(=O)Cn1cc(C(=O)N[C@@H](CC/N=C/c2cccc([O-])c2)C(=O)OC)nn1.[Ag+]. The number of aliphatic imine (C=N–C) groups is 1. The smallest absolute Gasteiger partial charge is 0.872 e. The molecule has 1 amide bonds. The fraction of sp³-hybridized carbons (Fsp3) is 0.333. The second kappa shape index (κ2) is 12.5. The molecule has 0 unspecified atom stereocenters. The molecule has 0 aliphatic carbocycles. The Hall–Kier alpha value is -3.02. The number of hydrogen-bond acceptors (Lipinski definition) is 9. The van der Waals surface area contributed by atoms with Gasteiger partial charge in [0.15, 0.2) is 5.69 Å². The molecule has 1 heterocycles. The minimum absolute atomic E-state index is 0. The number of carbonyl (C=O) groups excluding carboxylic acids is 3. The van der Waals surface area contributed by atoms with Gasteiger partial charge in [-0.25, -0.2) is 9.48 Å². The van der Waals surface area contributed by atoms with Crippen molar-refractivity contribution in [3.63, 3.8) is 0 Å². The molecule has 0 fully saturated rings. The Morgan fingerprint density at radius 2 is 2.07 bits per heavy atom. The van der Waals surface area contributed by atoms with Crippen molar-refractivity contribution >= 4 is 24.1 Å². The molecular formula is C18H20AgN5O6. The van der Waals surface area contributed by atoms with Crippen LogP contribution in [-0.2, 0) is 48.0 Å². The number of nitrogens with one attached hydrogen (secondary N) is 1. The Morgan fingerprint density at radius 3 is 2.73 bits per heavy atom. The van der Waals surface area contributed by atoms with Crippen LogP contribution in [0.3, 0.4) is 0 Å². The molecule has 1 atom stereocenters. The first-order chi connectivity index (χ1) is 13.9. The van der Waals surface area contributed by atoms with Gasteiger partial charge in [-0.05, 0) is 12.0 Å². The first-order valence-corrected chi connectivity index (χ1v) is 8.55. The van der Waals surface area contributed by atoms with Crippen LogP contribution in [0, 0.1) is 0 Å². The summed E-state index contributed by atoms with van der Waals surface area (Å²) in [6.45, 7) is 0.00858. The van der Waals surface area contributed by atoms with Crippen molar-refractivity contribution in [2.75, 3.05) is 20.8 Å². The Bertz CT molecular complexity index is 901. The van der Waals surface area contributed by atoms with Gasteiger partial charge in [-0.15, -0.1) is 10.8 Å². The predicted octanol–water partition coefficient (Wildman–Crippen LogP) is -0.697. The Balaban J connectivity index is 0.00000450. The van der Waals surface area contributed by atoms with Crippen molar-refractivity contribution in [2.45, 2.75) is 19.0 Å². The minimum Gasteiger partial charge on any atom is -0.872 e. The third-order valence-electron chi connectivity index (χ3n) is 3.73. The van der Waals surface area contributed by atoms with Crippen LogP contribution in [-0.4, -0.2) is 65.9 Å². The van der Waals surface area contributed by atoms with Crippen LogP contribution in [0.5, 0.6) is 5.75 Å². The molecule has 0 bridgehead atoms. The summed E-state index contributed by atoms with van der Waals surface area (Å²) >= 11 is 0. The van der Waals surface area contributed by atoms with Crippen LogP contribution >= 0.6 is 0 Å². The number of hydrogen-bond donors (Lipinski definition) is 1. The number of carbonyl (C=O) groups is 3. The molecule has 1 aromatic heterocycles. The van der Waals surface area contributed by atoms with Crippen molar-refractivity contribution in [1.29, 1.82) is 0 Å². The zero-order valence-electron chi connectivity index (χ0n) is 16.2. The molecule has 1 aromatic carbocycles. The van der Waals surface area contributed by atoms with Gasteiger partial charge in [0.05, 0.1) is 20.4 Å². The van der Waals surface area contributed by atoms with Crippen LogP contribution in [0.15, 0.2) is 35.5 Å². The minimum atomic E-state index is -0.957. The molecule has 2 aromatic rings. The maximum Gasteiger partial charge on any atom is 1.00 e. The van der Waals surface area contributed by atoms with Gasteiger partial charge in [0, 0.05) is 12.8 Å². The van der Waals surface area contributed by atoms with Gasteiger partial charge in [-0.2, -0.15) is 0 Å². The van der Waals surface area contributed by atoms with Gasteiger partial charge in [0.1, 0.15) is 12.6 Å². The van der Waals surface area contributed by atoms with E-state index in [1.165, 1.54) is 38.8 Å². The van der Waals surface area contributed by atoms with E-state index in [0.29, 0.717) is 5.56 Å². The average Bonchev–Trinajstić information content (AvgIpc) is 3.18. The van der Waals surface area contributed by atoms with Gasteiger partial charge in [-0.1, -0.05) is 29.5 Å². The predicted molar refractivity (Wildman–Crippen MR) is 98.3 cm³/mol. The van der Waals surface area contributed by atoms with Crippen LogP contribution < -0.4 is 10.4 Å². The van der Waals surface area contributed by atoms with Gasteiger partial charge in [0.2, 0.25) is 0 Å². The number of rotatable bonds is 9. The molecule has 11 nitrogen and oxygen atoms in total. The number of aromatic nitrogens is 3. The molecule has 0 aliphatic rings. The monoisotopic (exact) mass is 509 g/mol. The molecule has 0 spiro atoms. The number of ether oxygens (including phenoxy) is 2. The van der Waals surface area contributed by atoms with Crippen molar-refractivity contribution < 1.29 is 51.3 Å². The molecule has 1 N–H and O–H groups in total.